The summed E-state index contributed by atoms with van der Waals surface area (Å²) in [4.78, 5) is 37.4. The zero-order chi connectivity index (χ0) is 28.1. The Hall–Kier alpha value is -4.53. The van der Waals surface area contributed by atoms with Crippen molar-refractivity contribution in [3.8, 4) is 11.3 Å². The molecule has 4 aromatic rings. The smallest absolute Gasteiger partial charge is 0.290 e. The molecule has 9 nitrogen and oxygen atoms in total. The Morgan fingerprint density at radius 2 is 1.82 bits per heavy atom. The largest absolute Gasteiger partial charge is 0.341 e. The van der Waals surface area contributed by atoms with Crippen molar-refractivity contribution in [2.24, 2.45) is 7.05 Å². The van der Waals surface area contributed by atoms with Crippen molar-refractivity contribution in [3.63, 3.8) is 0 Å². The van der Waals surface area contributed by atoms with E-state index in [0.29, 0.717) is 34.4 Å². The van der Waals surface area contributed by atoms with E-state index in [1.54, 1.807) is 25.4 Å². The molecule has 9 heteroatoms. The van der Waals surface area contributed by atoms with Gasteiger partial charge in [-0.1, -0.05) is 43.7 Å². The Bertz CT molecular complexity index is 1570. The first-order chi connectivity index (χ1) is 19.4. The quantitative estimate of drug-likeness (QED) is 0.291. The van der Waals surface area contributed by atoms with Gasteiger partial charge in [-0.3, -0.25) is 9.59 Å². The molecule has 2 aromatic carbocycles. The fourth-order valence-corrected chi connectivity index (χ4v) is 5.02. The molecule has 5 rings (SSSR count). The van der Waals surface area contributed by atoms with Crippen LogP contribution in [-0.2, 0) is 13.5 Å². The van der Waals surface area contributed by atoms with Gasteiger partial charge in [-0.05, 0) is 68.0 Å². The summed E-state index contributed by atoms with van der Waals surface area (Å²) in [5, 5.41) is 10.8. The molecule has 2 N–H and O–H groups in total. The van der Waals surface area contributed by atoms with Gasteiger partial charge in [-0.25, -0.2) is 9.67 Å². The third-order valence-corrected chi connectivity index (χ3v) is 7.28. The molecule has 3 heterocycles. The van der Waals surface area contributed by atoms with Crippen molar-refractivity contribution in [2.75, 3.05) is 28.6 Å². The van der Waals surface area contributed by atoms with Gasteiger partial charge in [0.05, 0.1) is 5.69 Å². The van der Waals surface area contributed by atoms with Crippen LogP contribution in [0.25, 0.3) is 11.3 Å². The Morgan fingerprint density at radius 1 is 1.02 bits per heavy atom. The van der Waals surface area contributed by atoms with Crippen molar-refractivity contribution in [3.05, 3.63) is 87.8 Å². The molecule has 0 saturated carbocycles. The summed E-state index contributed by atoms with van der Waals surface area (Å²) < 4.78 is 1.31. The number of carbonyl (C=O) groups excluding carboxylic acids is 1. The summed E-state index contributed by atoms with van der Waals surface area (Å²) in [6.07, 6.45) is 6.91. The topological polar surface area (TPSA) is 105 Å². The maximum Gasteiger partial charge on any atom is 0.290 e. The zero-order valence-corrected chi connectivity index (χ0v) is 23.3. The van der Waals surface area contributed by atoms with E-state index in [-0.39, 0.29) is 11.5 Å². The zero-order valence-electron chi connectivity index (χ0n) is 23.3. The Kier molecular flexibility index (Phi) is 8.19. The number of benzene rings is 2. The molecule has 0 bridgehead atoms. The lowest BCUT2D eigenvalue weighted by atomic mass is 10.0. The standard InChI is InChI=1S/C31H35N7O2/c1-4-5-11-22-12-6-7-13-24(22)29(39)34-25-15-10-14-23(21(25)2)26-20-27(30(40)37(3)36-26)33-28-16-17-32-31(35-28)38-18-8-9-19-38/h6-7,10,12-17,20H,4-5,8-9,11,18-19H2,1-3H3,(H,34,39)(H,32,33,35). The summed E-state index contributed by atoms with van der Waals surface area (Å²) in [7, 11) is 1.63. The van der Waals surface area contributed by atoms with Gasteiger partial charge in [-0.15, -0.1) is 0 Å². The van der Waals surface area contributed by atoms with Gasteiger partial charge in [0, 0.05) is 43.1 Å². The second kappa shape index (κ2) is 12.1. The maximum absolute atomic E-state index is 13.3. The van der Waals surface area contributed by atoms with E-state index in [4.69, 9.17) is 0 Å². The number of hydrogen-bond donors (Lipinski definition) is 2. The van der Waals surface area contributed by atoms with Crippen LogP contribution in [0.1, 0.15) is 54.1 Å². The third kappa shape index (κ3) is 5.88. The van der Waals surface area contributed by atoms with Gasteiger partial charge in [0.25, 0.3) is 11.5 Å². The molecule has 2 aromatic heterocycles. The highest BCUT2D eigenvalue weighted by Gasteiger charge is 2.18. The highest BCUT2D eigenvalue weighted by molar-refractivity contribution is 6.06. The number of rotatable bonds is 9. The van der Waals surface area contributed by atoms with E-state index in [2.05, 4.69) is 37.5 Å². The molecule has 0 spiro atoms. The van der Waals surface area contributed by atoms with Crippen LogP contribution >= 0.6 is 0 Å². The fourth-order valence-electron chi connectivity index (χ4n) is 5.02. The Balaban J connectivity index is 1.42. The fraction of sp³-hybridized carbons (Fsp3) is 0.323. The number of unbranched alkanes of at least 4 members (excludes halogenated alkanes) is 1. The normalized spacial score (nSPS) is 12.9. The van der Waals surface area contributed by atoms with Crippen molar-refractivity contribution in [2.45, 2.75) is 46.0 Å². The maximum atomic E-state index is 13.3. The van der Waals surface area contributed by atoms with Crippen LogP contribution in [0, 0.1) is 6.92 Å². The summed E-state index contributed by atoms with van der Waals surface area (Å²) >= 11 is 0. The van der Waals surface area contributed by atoms with E-state index in [1.165, 1.54) is 4.68 Å². The summed E-state index contributed by atoms with van der Waals surface area (Å²) in [6.45, 7) is 5.95. The van der Waals surface area contributed by atoms with Crippen LogP contribution in [0.5, 0.6) is 0 Å². The molecule has 0 unspecified atom stereocenters. The lowest BCUT2D eigenvalue weighted by Crippen LogP contribution is -2.24. The Morgan fingerprint density at radius 3 is 2.62 bits per heavy atom. The molecular weight excluding hydrogens is 502 g/mol. The third-order valence-electron chi connectivity index (χ3n) is 7.28. The summed E-state index contributed by atoms with van der Waals surface area (Å²) in [6, 6.07) is 16.9. The first-order valence-corrected chi connectivity index (χ1v) is 13.9. The van der Waals surface area contributed by atoms with Crippen LogP contribution in [0.3, 0.4) is 0 Å². The van der Waals surface area contributed by atoms with E-state index < -0.39 is 0 Å². The van der Waals surface area contributed by atoms with Crippen LogP contribution < -0.4 is 21.1 Å². The van der Waals surface area contributed by atoms with Gasteiger partial charge >= 0.3 is 0 Å². The first kappa shape index (κ1) is 27.1. The first-order valence-electron chi connectivity index (χ1n) is 13.9. The molecule has 0 atom stereocenters. The van der Waals surface area contributed by atoms with E-state index >= 15 is 0 Å². The molecule has 1 fully saturated rings. The van der Waals surface area contributed by atoms with Crippen LogP contribution in [0.2, 0.25) is 0 Å². The molecule has 1 saturated heterocycles. The van der Waals surface area contributed by atoms with Crippen LogP contribution in [0.4, 0.5) is 23.1 Å². The summed E-state index contributed by atoms with van der Waals surface area (Å²) in [5.74, 6) is 1.06. The number of aryl methyl sites for hydroxylation is 2. The number of aromatic nitrogens is 4. The highest BCUT2D eigenvalue weighted by atomic mass is 16.1. The van der Waals surface area contributed by atoms with Gasteiger partial charge in [0.1, 0.15) is 11.5 Å². The monoisotopic (exact) mass is 537 g/mol. The number of anilines is 4. The molecule has 0 radical (unpaired) electrons. The average molecular weight is 538 g/mol. The van der Waals surface area contributed by atoms with Crippen LogP contribution in [-0.4, -0.2) is 38.7 Å². The molecule has 206 valence electrons. The second-order valence-electron chi connectivity index (χ2n) is 10.1. The van der Waals surface area contributed by atoms with Crippen molar-refractivity contribution in [1.82, 2.24) is 19.7 Å². The van der Waals surface area contributed by atoms with E-state index in [0.717, 1.165) is 61.9 Å². The summed E-state index contributed by atoms with van der Waals surface area (Å²) in [5.41, 5.74) is 4.80. The minimum atomic E-state index is -0.268. The predicted octanol–water partition coefficient (Wildman–Crippen LogP) is 5.48. The predicted molar refractivity (Wildman–Crippen MR) is 159 cm³/mol. The number of carbonyl (C=O) groups is 1. The number of hydrogen-bond acceptors (Lipinski definition) is 7. The minimum Gasteiger partial charge on any atom is -0.341 e. The van der Waals surface area contributed by atoms with Gasteiger partial charge < -0.3 is 15.5 Å². The second-order valence-corrected chi connectivity index (χ2v) is 10.1. The van der Waals surface area contributed by atoms with Crippen molar-refractivity contribution < 1.29 is 4.79 Å². The van der Waals surface area contributed by atoms with E-state index in [1.807, 2.05) is 49.4 Å². The average Bonchev–Trinajstić information content (AvgIpc) is 3.51. The molecule has 0 aliphatic carbocycles. The number of nitrogens with zero attached hydrogens (tertiary/aromatic N) is 5. The van der Waals surface area contributed by atoms with Gasteiger partial charge in [0.2, 0.25) is 5.95 Å². The lowest BCUT2D eigenvalue weighted by Gasteiger charge is -2.16. The Labute approximate surface area is 234 Å². The van der Waals surface area contributed by atoms with Crippen LogP contribution in [0.15, 0.2) is 65.6 Å². The van der Waals surface area contributed by atoms with Crippen molar-refractivity contribution in [1.29, 1.82) is 0 Å². The molecule has 1 aliphatic heterocycles. The van der Waals surface area contributed by atoms with E-state index in [9.17, 15) is 9.59 Å². The SMILES string of the molecule is CCCCc1ccccc1C(=O)Nc1cccc(-c2cc(Nc3ccnc(N4CCCC4)n3)c(=O)n(C)n2)c1C. The number of amides is 1. The lowest BCUT2D eigenvalue weighted by molar-refractivity contribution is 0.102. The van der Waals surface area contributed by atoms with Gasteiger partial charge in [0.15, 0.2) is 0 Å². The molecule has 1 aliphatic rings. The van der Waals surface area contributed by atoms with Gasteiger partial charge in [-0.2, -0.15) is 10.1 Å². The minimum absolute atomic E-state index is 0.139. The molecule has 40 heavy (non-hydrogen) atoms. The molecular formula is C31H35N7O2. The molecule has 1 amide bonds. The number of nitrogens with one attached hydrogen (secondary N) is 2. The highest BCUT2D eigenvalue weighted by Crippen LogP contribution is 2.29. The van der Waals surface area contributed by atoms with Crippen molar-refractivity contribution >= 4 is 29.0 Å².